The third kappa shape index (κ3) is 6.69. The Morgan fingerprint density at radius 2 is 0.690 bits per heavy atom. The van der Waals surface area contributed by atoms with Crippen molar-refractivity contribution in [2.75, 3.05) is 0 Å². The van der Waals surface area contributed by atoms with Gasteiger partial charge in [-0.05, 0) is 98.7 Å². The lowest BCUT2D eigenvalue weighted by molar-refractivity contribution is 0.508. The zero-order valence-electron chi connectivity index (χ0n) is 26.8. The van der Waals surface area contributed by atoms with Crippen LogP contribution in [0.4, 0.5) is 0 Å². The van der Waals surface area contributed by atoms with E-state index in [4.69, 9.17) is 3.63 Å². The second-order valence-electron chi connectivity index (χ2n) is 14.2. The Hall–Kier alpha value is -2.86. The van der Waals surface area contributed by atoms with Crippen LogP contribution < -0.4 is 0 Å². The fraction of sp³-hybridized carbons (Fsp3) is 0.351. The molecule has 0 aromatic heterocycles. The summed E-state index contributed by atoms with van der Waals surface area (Å²) < 4.78 is 35.0. The fourth-order valence-electron chi connectivity index (χ4n) is 4.84. The molecule has 0 aliphatic rings. The average Bonchev–Trinajstić information content (AvgIpc) is 2.91. The quantitative estimate of drug-likeness (QED) is 0.220. The van der Waals surface area contributed by atoms with Crippen LogP contribution in [0, 0.1) is 6.92 Å². The molecule has 42 heavy (non-hydrogen) atoms. The Morgan fingerprint density at radius 3 is 0.952 bits per heavy atom. The zero-order valence-corrected chi connectivity index (χ0v) is 28.4. The van der Waals surface area contributed by atoms with E-state index in [1.165, 1.54) is 16.7 Å². The molecule has 4 rings (SSSR count). The van der Waals surface area contributed by atoms with Crippen molar-refractivity contribution in [3.8, 4) is 0 Å². The van der Waals surface area contributed by atoms with Gasteiger partial charge in [0, 0.05) is 14.7 Å². The van der Waals surface area contributed by atoms with E-state index in [9.17, 15) is 8.42 Å². The highest BCUT2D eigenvalue weighted by molar-refractivity contribution is 8.33. The molecule has 0 atom stereocenters. The fourth-order valence-corrected chi connectivity index (χ4v) is 10.0. The third-order valence-electron chi connectivity index (χ3n) is 7.66. The van der Waals surface area contributed by atoms with E-state index in [2.05, 4.69) is 135 Å². The number of rotatable bonds is 6. The van der Waals surface area contributed by atoms with Gasteiger partial charge in [0.1, 0.15) is 0 Å². The van der Waals surface area contributed by atoms with Gasteiger partial charge in [0.25, 0.3) is 0 Å². The minimum Gasteiger partial charge on any atom is -0.203 e. The van der Waals surface area contributed by atoms with Crippen molar-refractivity contribution in [3.05, 3.63) is 119 Å². The van der Waals surface area contributed by atoms with E-state index < -0.39 is 20.4 Å². The molecule has 0 fully saturated rings. The SMILES string of the molecule is Cc1ccc(S(=O)(=O)OS(c2ccc(C(C)(C)C)cc2)(c2ccc(C(C)(C)C)cc2)c2ccc(C(C)(C)C)cc2)cc1. The van der Waals surface area contributed by atoms with Crippen molar-refractivity contribution in [3.63, 3.8) is 0 Å². The molecule has 0 unspecified atom stereocenters. The summed E-state index contributed by atoms with van der Waals surface area (Å²) in [4.78, 5) is 2.64. The molecule has 4 aromatic carbocycles. The normalized spacial score (nSPS) is 13.7. The molecule has 0 heterocycles. The summed E-state index contributed by atoms with van der Waals surface area (Å²) in [6, 6.07) is 31.8. The van der Waals surface area contributed by atoms with Gasteiger partial charge < -0.3 is 0 Å². The van der Waals surface area contributed by atoms with Crippen molar-refractivity contribution < 1.29 is 12.0 Å². The topological polar surface area (TPSA) is 43.4 Å². The molecule has 0 radical (unpaired) electrons. The first kappa shape index (κ1) is 32.1. The van der Waals surface area contributed by atoms with E-state index in [0.717, 1.165) is 20.2 Å². The van der Waals surface area contributed by atoms with E-state index in [0.29, 0.717) is 0 Å². The van der Waals surface area contributed by atoms with Gasteiger partial charge >= 0.3 is 10.1 Å². The van der Waals surface area contributed by atoms with Crippen LogP contribution in [0.2, 0.25) is 0 Å². The standard InChI is InChI=1S/C37H46O3S2/c1-27-11-19-34(20-12-27)42(38,39)40-41(31-21-13-28(14-22-31)35(2,3)4,32-23-15-29(16-24-32)36(5,6)7)33-25-17-30(18-26-33)37(8,9)10/h11-26H,1-10H3. The van der Waals surface area contributed by atoms with Gasteiger partial charge in [0.2, 0.25) is 0 Å². The van der Waals surface area contributed by atoms with Crippen molar-refractivity contribution >= 4 is 20.4 Å². The Morgan fingerprint density at radius 1 is 0.429 bits per heavy atom. The largest absolute Gasteiger partial charge is 0.307 e. The molecular weight excluding hydrogens is 557 g/mol. The summed E-state index contributed by atoms with van der Waals surface area (Å²) in [5, 5.41) is 0. The zero-order chi connectivity index (χ0) is 31.1. The maximum absolute atomic E-state index is 14.2. The van der Waals surface area contributed by atoms with Crippen LogP contribution in [-0.4, -0.2) is 8.42 Å². The summed E-state index contributed by atoms with van der Waals surface area (Å²) in [6.07, 6.45) is 0. The second-order valence-corrected chi connectivity index (χ2v) is 18.7. The molecule has 4 aromatic rings. The van der Waals surface area contributed by atoms with E-state index in [1.807, 2.05) is 19.1 Å². The van der Waals surface area contributed by atoms with Gasteiger partial charge in [0.15, 0.2) is 0 Å². The Bertz CT molecular complexity index is 1470. The van der Waals surface area contributed by atoms with Crippen molar-refractivity contribution in [2.24, 2.45) is 0 Å². The van der Waals surface area contributed by atoms with Crippen LogP contribution in [0.15, 0.2) is 117 Å². The molecule has 0 N–H and O–H groups in total. The molecule has 0 saturated carbocycles. The first-order valence-corrected chi connectivity index (χ1v) is 17.5. The second kappa shape index (κ2) is 11.3. The summed E-state index contributed by atoms with van der Waals surface area (Å²) in [7, 11) is -6.88. The predicted molar refractivity (Wildman–Crippen MR) is 177 cm³/mol. The smallest absolute Gasteiger partial charge is 0.203 e. The van der Waals surface area contributed by atoms with Gasteiger partial charge in [-0.25, -0.2) is 3.63 Å². The summed E-state index contributed by atoms with van der Waals surface area (Å²) in [5.41, 5.74) is 4.36. The number of aryl methyl sites for hydroxylation is 1. The third-order valence-corrected chi connectivity index (χ3v) is 12.8. The van der Waals surface area contributed by atoms with Crippen molar-refractivity contribution in [1.82, 2.24) is 0 Å². The summed E-state index contributed by atoms with van der Waals surface area (Å²) in [6.45, 7) is 21.5. The molecule has 0 saturated heterocycles. The minimum atomic E-state index is -4.16. The van der Waals surface area contributed by atoms with Gasteiger partial charge in [-0.2, -0.15) is 8.42 Å². The van der Waals surface area contributed by atoms with Gasteiger partial charge in [0.05, 0.1) is 4.90 Å². The number of hydrogen-bond acceptors (Lipinski definition) is 3. The maximum Gasteiger partial charge on any atom is 0.307 e. The first-order chi connectivity index (χ1) is 19.3. The highest BCUT2D eigenvalue weighted by Crippen LogP contribution is 2.70. The van der Waals surface area contributed by atoms with Crippen LogP contribution >= 0.6 is 10.3 Å². The van der Waals surface area contributed by atoms with E-state index in [-0.39, 0.29) is 21.1 Å². The first-order valence-electron chi connectivity index (χ1n) is 14.5. The van der Waals surface area contributed by atoms with Gasteiger partial charge in [-0.15, -0.1) is 0 Å². The average molecular weight is 603 g/mol. The molecule has 0 bridgehead atoms. The van der Waals surface area contributed by atoms with Gasteiger partial charge in [-0.3, -0.25) is 0 Å². The van der Waals surface area contributed by atoms with Crippen LogP contribution in [-0.2, 0) is 30.0 Å². The molecule has 0 aliphatic heterocycles. The predicted octanol–water partition coefficient (Wildman–Crippen LogP) is 10.5. The molecule has 0 aliphatic carbocycles. The van der Waals surface area contributed by atoms with Crippen LogP contribution in [0.1, 0.15) is 84.6 Å². The molecule has 3 nitrogen and oxygen atoms in total. The monoisotopic (exact) mass is 602 g/mol. The Kier molecular flexibility index (Phi) is 8.65. The highest BCUT2D eigenvalue weighted by atomic mass is 32.3. The maximum atomic E-state index is 14.2. The molecule has 5 heteroatoms. The van der Waals surface area contributed by atoms with Gasteiger partial charge in [-0.1, -0.05) is 116 Å². The molecule has 0 spiro atoms. The lowest BCUT2D eigenvalue weighted by Gasteiger charge is -2.40. The summed E-state index contributed by atoms with van der Waals surface area (Å²) >= 11 is 0. The van der Waals surface area contributed by atoms with Crippen LogP contribution in [0.5, 0.6) is 0 Å². The lowest BCUT2D eigenvalue weighted by atomic mass is 9.87. The van der Waals surface area contributed by atoms with Crippen LogP contribution in [0.3, 0.4) is 0 Å². The molecular formula is C37H46O3S2. The van der Waals surface area contributed by atoms with Crippen LogP contribution in [0.25, 0.3) is 0 Å². The Balaban J connectivity index is 2.05. The summed E-state index contributed by atoms with van der Waals surface area (Å²) in [5.74, 6) is 0. The Labute approximate surface area is 256 Å². The van der Waals surface area contributed by atoms with E-state index in [1.54, 1.807) is 12.1 Å². The van der Waals surface area contributed by atoms with Crippen molar-refractivity contribution in [1.29, 1.82) is 0 Å². The minimum absolute atomic E-state index is 0.0476. The molecule has 0 amide bonds. The highest BCUT2D eigenvalue weighted by Gasteiger charge is 2.39. The van der Waals surface area contributed by atoms with Crippen molar-refractivity contribution in [2.45, 2.75) is 105 Å². The lowest BCUT2D eigenvalue weighted by Crippen LogP contribution is -2.17. The molecule has 224 valence electrons. The number of benzene rings is 4. The van der Waals surface area contributed by atoms with E-state index >= 15 is 0 Å². The number of hydrogen-bond donors (Lipinski definition) is 0.